The summed E-state index contributed by atoms with van der Waals surface area (Å²) in [7, 11) is 0. The van der Waals surface area contributed by atoms with E-state index in [1.165, 1.54) is 11.1 Å². The molecule has 0 fully saturated rings. The average molecular weight is 269 g/mol. The van der Waals surface area contributed by atoms with E-state index in [-0.39, 0.29) is 0 Å². The maximum atomic E-state index is 5.95. The molecular weight excluding hydrogens is 244 g/mol. The van der Waals surface area contributed by atoms with Crippen LogP contribution in [0, 0.1) is 12.8 Å². The maximum absolute atomic E-state index is 5.95. The number of hydrogen-bond donors (Lipinski definition) is 2. The molecule has 3 heteroatoms. The summed E-state index contributed by atoms with van der Waals surface area (Å²) in [6, 6.07) is 6.53. The van der Waals surface area contributed by atoms with Gasteiger partial charge in [0, 0.05) is 24.2 Å². The van der Waals surface area contributed by atoms with Gasteiger partial charge >= 0.3 is 0 Å². The van der Waals surface area contributed by atoms with Crippen LogP contribution in [0.25, 0.3) is 0 Å². The smallest absolute Gasteiger partial charge is 0.0408 e. The first-order valence-electron chi connectivity index (χ1n) is 6.68. The summed E-state index contributed by atoms with van der Waals surface area (Å²) in [5, 5.41) is 7.80. The van der Waals surface area contributed by atoms with Crippen LogP contribution in [0.2, 0.25) is 5.02 Å². The van der Waals surface area contributed by atoms with Gasteiger partial charge in [0.25, 0.3) is 0 Å². The molecule has 0 aromatic heterocycles. The van der Waals surface area contributed by atoms with Gasteiger partial charge in [0.15, 0.2) is 0 Å². The highest BCUT2D eigenvalue weighted by atomic mass is 35.5. The molecule has 0 radical (unpaired) electrons. The first-order chi connectivity index (χ1) is 8.49. The van der Waals surface area contributed by atoms with Crippen molar-refractivity contribution in [2.45, 2.75) is 40.3 Å². The molecule has 1 atom stereocenters. The molecule has 0 saturated heterocycles. The summed E-state index contributed by atoms with van der Waals surface area (Å²) in [5.74, 6) is 0.704. The Morgan fingerprint density at radius 2 is 1.89 bits per heavy atom. The normalized spacial score (nSPS) is 13.0. The van der Waals surface area contributed by atoms with Crippen molar-refractivity contribution in [2.75, 3.05) is 13.1 Å². The van der Waals surface area contributed by atoms with Gasteiger partial charge in [0.2, 0.25) is 0 Å². The standard InChI is InChI=1S/C15H25ClN2/c1-11(2)8-17-9-13(4)18-10-14-5-6-15(16)7-12(14)3/h5-7,11,13,17-18H,8-10H2,1-4H3. The van der Waals surface area contributed by atoms with Crippen molar-refractivity contribution in [1.82, 2.24) is 10.6 Å². The Morgan fingerprint density at radius 3 is 2.50 bits per heavy atom. The highest BCUT2D eigenvalue weighted by molar-refractivity contribution is 6.30. The molecule has 18 heavy (non-hydrogen) atoms. The van der Waals surface area contributed by atoms with Gasteiger partial charge in [-0.05, 0) is 49.6 Å². The number of rotatable bonds is 7. The number of benzene rings is 1. The van der Waals surface area contributed by atoms with Crippen molar-refractivity contribution in [3.8, 4) is 0 Å². The zero-order valence-electron chi connectivity index (χ0n) is 11.9. The maximum Gasteiger partial charge on any atom is 0.0408 e. The molecule has 0 spiro atoms. The van der Waals surface area contributed by atoms with Crippen LogP contribution in [-0.4, -0.2) is 19.1 Å². The van der Waals surface area contributed by atoms with Gasteiger partial charge in [0.1, 0.15) is 0 Å². The molecular formula is C15H25ClN2. The number of aryl methyl sites for hydroxylation is 1. The molecule has 1 aromatic rings. The molecule has 102 valence electrons. The lowest BCUT2D eigenvalue weighted by atomic mass is 10.1. The molecule has 1 rings (SSSR count). The minimum Gasteiger partial charge on any atom is -0.315 e. The molecule has 0 aliphatic carbocycles. The highest BCUT2D eigenvalue weighted by Crippen LogP contribution is 2.14. The first-order valence-corrected chi connectivity index (χ1v) is 7.06. The van der Waals surface area contributed by atoms with E-state index < -0.39 is 0 Å². The quantitative estimate of drug-likeness (QED) is 0.792. The summed E-state index contributed by atoms with van der Waals surface area (Å²) >= 11 is 5.95. The Kier molecular flexibility index (Phi) is 6.69. The SMILES string of the molecule is Cc1cc(Cl)ccc1CNC(C)CNCC(C)C. The van der Waals surface area contributed by atoms with Crippen LogP contribution in [0.3, 0.4) is 0 Å². The van der Waals surface area contributed by atoms with Crippen molar-refractivity contribution in [1.29, 1.82) is 0 Å². The van der Waals surface area contributed by atoms with Crippen LogP contribution in [0.5, 0.6) is 0 Å². The van der Waals surface area contributed by atoms with E-state index in [9.17, 15) is 0 Å². The van der Waals surface area contributed by atoms with Crippen molar-refractivity contribution >= 4 is 11.6 Å². The van der Waals surface area contributed by atoms with Gasteiger partial charge in [-0.2, -0.15) is 0 Å². The second-order valence-electron chi connectivity index (χ2n) is 5.40. The van der Waals surface area contributed by atoms with Crippen LogP contribution < -0.4 is 10.6 Å². The Bertz CT molecular complexity index is 364. The molecule has 0 aliphatic rings. The number of halogens is 1. The summed E-state index contributed by atoms with van der Waals surface area (Å²) < 4.78 is 0. The fourth-order valence-corrected chi connectivity index (χ4v) is 2.03. The predicted octanol–water partition coefficient (Wildman–Crippen LogP) is 3.37. The topological polar surface area (TPSA) is 24.1 Å². The van der Waals surface area contributed by atoms with E-state index in [1.54, 1.807) is 0 Å². The van der Waals surface area contributed by atoms with Crippen LogP contribution >= 0.6 is 11.6 Å². The summed E-state index contributed by atoms with van der Waals surface area (Å²) in [5.41, 5.74) is 2.56. The zero-order valence-corrected chi connectivity index (χ0v) is 12.6. The predicted molar refractivity (Wildman–Crippen MR) is 80.2 cm³/mol. The summed E-state index contributed by atoms with van der Waals surface area (Å²) in [6.45, 7) is 11.7. The first kappa shape index (κ1) is 15.5. The molecule has 2 nitrogen and oxygen atoms in total. The van der Waals surface area contributed by atoms with Crippen LogP contribution in [0.15, 0.2) is 18.2 Å². The second kappa shape index (κ2) is 7.78. The Labute approximate surface area is 116 Å². The molecule has 1 unspecified atom stereocenters. The average Bonchev–Trinajstić information content (AvgIpc) is 2.27. The van der Waals surface area contributed by atoms with Gasteiger partial charge in [0.05, 0.1) is 0 Å². The molecule has 0 amide bonds. The van der Waals surface area contributed by atoms with E-state index in [4.69, 9.17) is 11.6 Å². The molecule has 0 bridgehead atoms. The zero-order chi connectivity index (χ0) is 13.5. The van der Waals surface area contributed by atoms with E-state index in [0.29, 0.717) is 12.0 Å². The fraction of sp³-hybridized carbons (Fsp3) is 0.600. The lowest BCUT2D eigenvalue weighted by Gasteiger charge is -2.16. The fourth-order valence-electron chi connectivity index (χ4n) is 1.80. The Hall–Kier alpha value is -0.570. The third kappa shape index (κ3) is 5.85. The van der Waals surface area contributed by atoms with Crippen molar-refractivity contribution in [3.63, 3.8) is 0 Å². The van der Waals surface area contributed by atoms with Gasteiger partial charge in [-0.15, -0.1) is 0 Å². The minimum atomic E-state index is 0.471. The molecule has 0 heterocycles. The van der Waals surface area contributed by atoms with Crippen LogP contribution in [0.1, 0.15) is 31.9 Å². The highest BCUT2D eigenvalue weighted by Gasteiger charge is 2.04. The van der Waals surface area contributed by atoms with Gasteiger partial charge in [-0.1, -0.05) is 31.5 Å². The van der Waals surface area contributed by atoms with E-state index in [0.717, 1.165) is 24.7 Å². The second-order valence-corrected chi connectivity index (χ2v) is 5.84. The Morgan fingerprint density at radius 1 is 1.17 bits per heavy atom. The van der Waals surface area contributed by atoms with Crippen molar-refractivity contribution in [2.24, 2.45) is 5.92 Å². The molecule has 0 saturated carbocycles. The monoisotopic (exact) mass is 268 g/mol. The number of nitrogens with one attached hydrogen (secondary N) is 2. The van der Waals surface area contributed by atoms with E-state index in [2.05, 4.69) is 44.4 Å². The third-order valence-electron chi connectivity index (χ3n) is 2.95. The van der Waals surface area contributed by atoms with Crippen LogP contribution in [-0.2, 0) is 6.54 Å². The lowest BCUT2D eigenvalue weighted by molar-refractivity contribution is 0.472. The van der Waals surface area contributed by atoms with E-state index >= 15 is 0 Å². The molecule has 0 aliphatic heterocycles. The van der Waals surface area contributed by atoms with Crippen molar-refractivity contribution < 1.29 is 0 Å². The number of hydrogen-bond acceptors (Lipinski definition) is 2. The molecule has 2 N–H and O–H groups in total. The van der Waals surface area contributed by atoms with E-state index in [1.807, 2.05) is 12.1 Å². The van der Waals surface area contributed by atoms with Gasteiger partial charge in [-0.3, -0.25) is 0 Å². The van der Waals surface area contributed by atoms with Crippen molar-refractivity contribution in [3.05, 3.63) is 34.3 Å². The lowest BCUT2D eigenvalue weighted by Crippen LogP contribution is -2.37. The largest absolute Gasteiger partial charge is 0.315 e. The van der Waals surface area contributed by atoms with Gasteiger partial charge < -0.3 is 10.6 Å². The van der Waals surface area contributed by atoms with Crippen LogP contribution in [0.4, 0.5) is 0 Å². The molecule has 1 aromatic carbocycles. The Balaban J connectivity index is 2.31. The summed E-state index contributed by atoms with van der Waals surface area (Å²) in [4.78, 5) is 0. The third-order valence-corrected chi connectivity index (χ3v) is 3.18. The minimum absolute atomic E-state index is 0.471. The van der Waals surface area contributed by atoms with Gasteiger partial charge in [-0.25, -0.2) is 0 Å². The summed E-state index contributed by atoms with van der Waals surface area (Å²) in [6.07, 6.45) is 0.